The number of amides is 1. The topological polar surface area (TPSA) is 68.0 Å². The van der Waals surface area contributed by atoms with E-state index in [4.69, 9.17) is 4.52 Å². The fourth-order valence-corrected chi connectivity index (χ4v) is 2.88. The summed E-state index contributed by atoms with van der Waals surface area (Å²) in [5, 5.41) is 6.41. The Bertz CT molecular complexity index is 837. The van der Waals surface area contributed by atoms with Gasteiger partial charge >= 0.3 is 0 Å². The number of hydrogen-bond donors (Lipinski definition) is 1. The third-order valence-electron chi connectivity index (χ3n) is 2.89. The van der Waals surface area contributed by atoms with Gasteiger partial charge in [-0.2, -0.15) is 0 Å². The van der Waals surface area contributed by atoms with Crippen molar-refractivity contribution in [2.24, 2.45) is 0 Å². The quantitative estimate of drug-likeness (QED) is 0.787. The summed E-state index contributed by atoms with van der Waals surface area (Å²) >= 11 is 0.989. The van der Waals surface area contributed by atoms with Gasteiger partial charge in [0.25, 0.3) is 5.91 Å². The van der Waals surface area contributed by atoms with Gasteiger partial charge in [-0.3, -0.25) is 10.1 Å². The molecule has 21 heavy (non-hydrogen) atoms. The second-order valence-electron chi connectivity index (χ2n) is 4.41. The Morgan fingerprint density at radius 3 is 2.76 bits per heavy atom. The number of nitrogens with zero attached hydrogens (tertiary/aromatic N) is 2. The maximum atomic E-state index is 13.6. The van der Waals surface area contributed by atoms with Crippen molar-refractivity contribution in [2.75, 3.05) is 5.32 Å². The summed E-state index contributed by atoms with van der Waals surface area (Å²) in [7, 11) is 0. The maximum Gasteiger partial charge on any atom is 0.262 e. The van der Waals surface area contributed by atoms with Crippen LogP contribution in [0.25, 0.3) is 10.2 Å². The monoisotopic (exact) mass is 309 g/mol. The standard InChI is InChI=1S/C13H9F2N3O2S/c1-5-10(6(2)20-18-5)12(19)17-13-16-11-8(15)3-7(14)4-9(11)21-13/h3-4H,1-2H3,(H,16,17,19). The van der Waals surface area contributed by atoms with Gasteiger partial charge in [0.15, 0.2) is 10.9 Å². The number of aryl methyl sites for hydroxylation is 2. The summed E-state index contributed by atoms with van der Waals surface area (Å²) in [5.74, 6) is -1.53. The fourth-order valence-electron chi connectivity index (χ4n) is 1.98. The molecule has 8 heteroatoms. The van der Waals surface area contributed by atoms with Crippen LogP contribution < -0.4 is 5.32 Å². The van der Waals surface area contributed by atoms with Gasteiger partial charge in [-0.05, 0) is 19.9 Å². The van der Waals surface area contributed by atoms with Crippen LogP contribution in [0.2, 0.25) is 0 Å². The Morgan fingerprint density at radius 1 is 1.33 bits per heavy atom. The first kappa shape index (κ1) is 13.6. The summed E-state index contributed by atoms with van der Waals surface area (Å²) in [6.45, 7) is 3.25. The molecule has 0 aliphatic heterocycles. The van der Waals surface area contributed by atoms with Crippen LogP contribution in [0.5, 0.6) is 0 Å². The molecule has 3 rings (SSSR count). The largest absolute Gasteiger partial charge is 0.361 e. The Labute approximate surface area is 121 Å². The van der Waals surface area contributed by atoms with Crippen LogP contribution in [0.4, 0.5) is 13.9 Å². The van der Waals surface area contributed by atoms with Gasteiger partial charge < -0.3 is 4.52 Å². The van der Waals surface area contributed by atoms with Crippen molar-refractivity contribution in [1.82, 2.24) is 10.1 Å². The predicted molar refractivity (Wildman–Crippen MR) is 73.5 cm³/mol. The second kappa shape index (κ2) is 4.88. The van der Waals surface area contributed by atoms with Gasteiger partial charge in [0.2, 0.25) is 0 Å². The molecular formula is C13H9F2N3O2S. The summed E-state index contributed by atoms with van der Waals surface area (Å²) in [6.07, 6.45) is 0. The molecule has 1 N–H and O–H groups in total. The average Bonchev–Trinajstić information content (AvgIpc) is 2.93. The smallest absolute Gasteiger partial charge is 0.262 e. The van der Waals surface area contributed by atoms with Crippen molar-refractivity contribution in [2.45, 2.75) is 13.8 Å². The Kier molecular flexibility index (Phi) is 3.17. The number of anilines is 1. The molecule has 2 aromatic heterocycles. The third kappa shape index (κ3) is 2.38. The van der Waals surface area contributed by atoms with Gasteiger partial charge in [-0.15, -0.1) is 0 Å². The first-order valence-corrected chi connectivity index (χ1v) is 6.77. The number of rotatable bonds is 2. The molecule has 0 saturated heterocycles. The van der Waals surface area contributed by atoms with Crippen LogP contribution in [0.1, 0.15) is 21.8 Å². The maximum absolute atomic E-state index is 13.6. The van der Waals surface area contributed by atoms with E-state index in [9.17, 15) is 13.6 Å². The molecule has 0 fully saturated rings. The van der Waals surface area contributed by atoms with Crippen LogP contribution in [-0.2, 0) is 0 Å². The lowest BCUT2D eigenvalue weighted by Crippen LogP contribution is -2.13. The molecule has 0 spiro atoms. The van der Waals surface area contributed by atoms with Crippen LogP contribution in [0, 0.1) is 25.5 Å². The molecule has 1 amide bonds. The molecule has 0 bridgehead atoms. The normalized spacial score (nSPS) is 11.0. The highest BCUT2D eigenvalue weighted by Crippen LogP contribution is 2.29. The number of benzene rings is 1. The average molecular weight is 309 g/mol. The Balaban J connectivity index is 1.95. The minimum atomic E-state index is -0.765. The highest BCUT2D eigenvalue weighted by Gasteiger charge is 2.19. The van der Waals surface area contributed by atoms with Crippen LogP contribution in [0.15, 0.2) is 16.7 Å². The molecule has 0 saturated carbocycles. The molecule has 0 radical (unpaired) electrons. The summed E-state index contributed by atoms with van der Waals surface area (Å²) < 4.78 is 31.9. The molecule has 108 valence electrons. The summed E-state index contributed by atoms with van der Waals surface area (Å²) in [4.78, 5) is 16.1. The van der Waals surface area contributed by atoms with Gasteiger partial charge in [0.05, 0.1) is 10.4 Å². The minimum Gasteiger partial charge on any atom is -0.361 e. The molecule has 0 unspecified atom stereocenters. The zero-order valence-electron chi connectivity index (χ0n) is 11.0. The number of fused-ring (bicyclic) bond motifs is 1. The van der Waals surface area contributed by atoms with E-state index in [0.29, 0.717) is 21.7 Å². The second-order valence-corrected chi connectivity index (χ2v) is 5.44. The van der Waals surface area contributed by atoms with Gasteiger partial charge in [-0.1, -0.05) is 16.5 Å². The zero-order chi connectivity index (χ0) is 15.1. The van der Waals surface area contributed by atoms with E-state index < -0.39 is 17.5 Å². The van der Waals surface area contributed by atoms with Crippen LogP contribution >= 0.6 is 11.3 Å². The summed E-state index contributed by atoms with van der Waals surface area (Å²) in [6, 6.07) is 1.92. The summed E-state index contributed by atoms with van der Waals surface area (Å²) in [5.41, 5.74) is 0.778. The van der Waals surface area contributed by atoms with Gasteiger partial charge in [-0.25, -0.2) is 13.8 Å². The lowest BCUT2D eigenvalue weighted by Gasteiger charge is -1.99. The Morgan fingerprint density at radius 2 is 2.10 bits per heavy atom. The number of thiazole rings is 1. The van der Waals surface area contributed by atoms with Crippen molar-refractivity contribution in [3.05, 3.63) is 40.8 Å². The van der Waals surface area contributed by atoms with E-state index in [1.54, 1.807) is 13.8 Å². The Hall–Kier alpha value is -2.35. The molecule has 0 aliphatic carbocycles. The van der Waals surface area contributed by atoms with Crippen molar-refractivity contribution in [3.63, 3.8) is 0 Å². The third-order valence-corrected chi connectivity index (χ3v) is 3.81. The first-order valence-electron chi connectivity index (χ1n) is 5.95. The highest BCUT2D eigenvalue weighted by molar-refractivity contribution is 7.22. The molecule has 1 aromatic carbocycles. The van der Waals surface area contributed by atoms with Crippen molar-refractivity contribution >= 4 is 32.6 Å². The lowest BCUT2D eigenvalue weighted by atomic mass is 10.2. The molecule has 0 aliphatic rings. The number of carbonyl (C=O) groups is 1. The molecule has 0 atom stereocenters. The molecule has 2 heterocycles. The van der Waals surface area contributed by atoms with E-state index in [1.165, 1.54) is 6.07 Å². The number of halogens is 2. The van der Waals surface area contributed by atoms with E-state index in [2.05, 4.69) is 15.5 Å². The van der Waals surface area contributed by atoms with Gasteiger partial charge in [0, 0.05) is 6.07 Å². The van der Waals surface area contributed by atoms with Crippen molar-refractivity contribution < 1.29 is 18.1 Å². The highest BCUT2D eigenvalue weighted by atomic mass is 32.1. The predicted octanol–water partition coefficient (Wildman–Crippen LogP) is 3.43. The minimum absolute atomic E-state index is 0.0236. The van der Waals surface area contributed by atoms with E-state index in [-0.39, 0.29) is 10.6 Å². The number of aromatic nitrogens is 2. The van der Waals surface area contributed by atoms with Crippen molar-refractivity contribution in [3.8, 4) is 0 Å². The van der Waals surface area contributed by atoms with E-state index >= 15 is 0 Å². The number of carbonyl (C=O) groups excluding carboxylic acids is 1. The molecular weight excluding hydrogens is 300 g/mol. The first-order chi connectivity index (χ1) is 9.95. The molecule has 5 nitrogen and oxygen atoms in total. The van der Waals surface area contributed by atoms with E-state index in [1.807, 2.05) is 0 Å². The number of hydrogen-bond acceptors (Lipinski definition) is 5. The number of nitrogens with one attached hydrogen (secondary N) is 1. The van der Waals surface area contributed by atoms with E-state index in [0.717, 1.165) is 17.4 Å². The fraction of sp³-hybridized carbons (Fsp3) is 0.154. The van der Waals surface area contributed by atoms with Crippen molar-refractivity contribution in [1.29, 1.82) is 0 Å². The van der Waals surface area contributed by atoms with Crippen LogP contribution in [-0.4, -0.2) is 16.0 Å². The lowest BCUT2D eigenvalue weighted by molar-refractivity contribution is 0.102. The SMILES string of the molecule is Cc1noc(C)c1C(=O)Nc1nc2c(F)cc(F)cc2s1. The molecule has 3 aromatic rings. The zero-order valence-corrected chi connectivity index (χ0v) is 11.8. The van der Waals surface area contributed by atoms with Crippen LogP contribution in [0.3, 0.4) is 0 Å². The van der Waals surface area contributed by atoms with Gasteiger partial charge in [0.1, 0.15) is 22.7 Å².